The lowest BCUT2D eigenvalue weighted by Gasteiger charge is -2.23. The number of hydrogen-bond acceptors (Lipinski definition) is 3. The molecule has 0 unspecified atom stereocenters. The van der Waals surface area contributed by atoms with Crippen LogP contribution in [0.5, 0.6) is 0 Å². The maximum Gasteiger partial charge on any atom is 0.208 e. The zero-order chi connectivity index (χ0) is 12.8. The van der Waals surface area contributed by atoms with Crippen molar-refractivity contribution in [3.8, 4) is 0 Å². The number of aliphatic imine (C=N–C) groups is 1. The third kappa shape index (κ3) is 13.8. The van der Waals surface area contributed by atoms with E-state index in [1.807, 2.05) is 20.8 Å². The summed E-state index contributed by atoms with van der Waals surface area (Å²) in [5.74, 6) is 0.655. The molecule has 3 N–H and O–H groups in total. The summed E-state index contributed by atoms with van der Waals surface area (Å²) in [5.41, 5.74) is -0.0773. The van der Waals surface area contributed by atoms with Crippen molar-refractivity contribution in [1.82, 2.24) is 15.4 Å². The van der Waals surface area contributed by atoms with Gasteiger partial charge >= 0.3 is 0 Å². The van der Waals surface area contributed by atoms with Crippen LogP contribution in [0.3, 0.4) is 0 Å². The zero-order valence-electron chi connectivity index (χ0n) is 11.0. The van der Waals surface area contributed by atoms with Gasteiger partial charge in [0.2, 0.25) is 10.0 Å². The van der Waals surface area contributed by atoms with Crippen LogP contribution in [0.25, 0.3) is 0 Å². The maximum absolute atomic E-state index is 10.8. The second-order valence-electron chi connectivity index (χ2n) is 4.54. The number of sulfonamides is 1. The molecule has 0 aromatic rings. The van der Waals surface area contributed by atoms with Crippen molar-refractivity contribution in [2.24, 2.45) is 4.99 Å². The van der Waals surface area contributed by atoms with E-state index in [0.29, 0.717) is 19.0 Å². The molecule has 8 heteroatoms. The van der Waals surface area contributed by atoms with Gasteiger partial charge in [0.1, 0.15) is 0 Å². The fraction of sp³-hybridized carbons (Fsp3) is 0.889. The molecule has 0 aliphatic heterocycles. The first kappa shape index (κ1) is 19.3. The Morgan fingerprint density at radius 1 is 1.24 bits per heavy atom. The number of rotatable bonds is 4. The zero-order valence-corrected chi connectivity index (χ0v) is 14.1. The Hall–Kier alpha value is -0.0900. The van der Waals surface area contributed by atoms with Crippen LogP contribution < -0.4 is 15.4 Å². The topological polar surface area (TPSA) is 82.6 Å². The van der Waals surface area contributed by atoms with Crippen molar-refractivity contribution < 1.29 is 8.42 Å². The summed E-state index contributed by atoms with van der Waals surface area (Å²) in [6, 6.07) is 0. The van der Waals surface area contributed by atoms with Gasteiger partial charge < -0.3 is 10.6 Å². The van der Waals surface area contributed by atoms with Crippen LogP contribution >= 0.6 is 24.0 Å². The maximum atomic E-state index is 10.8. The fourth-order valence-corrected chi connectivity index (χ4v) is 1.42. The summed E-state index contributed by atoms with van der Waals surface area (Å²) in [6.07, 6.45) is 1.13. The number of nitrogens with zero attached hydrogens (tertiary/aromatic N) is 1. The van der Waals surface area contributed by atoms with Gasteiger partial charge in [-0.3, -0.25) is 4.99 Å². The lowest BCUT2D eigenvalue weighted by molar-refractivity contribution is 0.501. The molecule has 0 aliphatic carbocycles. The summed E-state index contributed by atoms with van der Waals surface area (Å²) in [7, 11) is -1.44. The minimum Gasteiger partial charge on any atom is -0.355 e. The first-order valence-electron chi connectivity index (χ1n) is 5.07. The van der Waals surface area contributed by atoms with E-state index in [0.717, 1.165) is 6.26 Å². The lowest BCUT2D eigenvalue weighted by Crippen LogP contribution is -2.49. The Morgan fingerprint density at radius 2 is 1.76 bits per heavy atom. The van der Waals surface area contributed by atoms with Crippen LogP contribution in [0, 0.1) is 0 Å². The molecule has 0 aromatic carbocycles. The molecular weight excluding hydrogens is 355 g/mol. The predicted molar refractivity (Wildman–Crippen MR) is 82.5 cm³/mol. The average molecular weight is 378 g/mol. The standard InChI is InChI=1S/C9H22N4O2S.HI/c1-9(2,3)13-8(10-4)11-6-7-12-16(5,14)15;/h12H,6-7H2,1-5H3,(H2,10,11,13);1H. The molecule has 0 radical (unpaired) electrons. The molecule has 0 atom stereocenters. The molecule has 0 saturated heterocycles. The molecule has 0 rings (SSSR count). The molecule has 0 aromatic heterocycles. The lowest BCUT2D eigenvalue weighted by atomic mass is 10.1. The molecule has 0 aliphatic rings. The normalized spacial score (nSPS) is 12.9. The SMILES string of the molecule is CN=C(NCCNS(C)(=O)=O)NC(C)(C)C.I. The van der Waals surface area contributed by atoms with Gasteiger partial charge in [0.15, 0.2) is 5.96 Å². The fourth-order valence-electron chi connectivity index (χ4n) is 0.952. The molecule has 0 heterocycles. The number of halogens is 1. The summed E-state index contributed by atoms with van der Waals surface area (Å²) in [4.78, 5) is 4.02. The van der Waals surface area contributed by atoms with E-state index in [1.54, 1.807) is 7.05 Å². The second-order valence-corrected chi connectivity index (χ2v) is 6.37. The molecular formula is C9H23IN4O2S. The van der Waals surface area contributed by atoms with E-state index in [-0.39, 0.29) is 29.5 Å². The third-order valence-corrected chi connectivity index (χ3v) is 2.23. The molecule has 0 bridgehead atoms. The van der Waals surface area contributed by atoms with Crippen LogP contribution in [0.1, 0.15) is 20.8 Å². The van der Waals surface area contributed by atoms with Crippen molar-refractivity contribution in [2.75, 3.05) is 26.4 Å². The Balaban J connectivity index is 0. The van der Waals surface area contributed by atoms with E-state index in [9.17, 15) is 8.42 Å². The van der Waals surface area contributed by atoms with Crippen LogP contribution in [0.4, 0.5) is 0 Å². The van der Waals surface area contributed by atoms with Crippen molar-refractivity contribution in [3.63, 3.8) is 0 Å². The summed E-state index contributed by atoms with van der Waals surface area (Å²) >= 11 is 0. The van der Waals surface area contributed by atoms with Crippen LogP contribution in [0.2, 0.25) is 0 Å². The molecule has 6 nitrogen and oxygen atoms in total. The van der Waals surface area contributed by atoms with E-state index < -0.39 is 10.0 Å². The van der Waals surface area contributed by atoms with Crippen LogP contribution in [0.15, 0.2) is 4.99 Å². The minimum absolute atomic E-state index is 0. The minimum atomic E-state index is -3.11. The Bertz CT molecular complexity index is 335. The van der Waals surface area contributed by atoms with E-state index in [2.05, 4.69) is 20.3 Å². The quantitative estimate of drug-likeness (QED) is 0.281. The Kier molecular flexibility index (Phi) is 9.16. The Labute approximate surface area is 121 Å². The molecule has 104 valence electrons. The molecule has 0 saturated carbocycles. The van der Waals surface area contributed by atoms with Gasteiger partial charge in [0, 0.05) is 25.7 Å². The van der Waals surface area contributed by atoms with Gasteiger partial charge in [0.25, 0.3) is 0 Å². The van der Waals surface area contributed by atoms with Gasteiger partial charge in [0.05, 0.1) is 6.26 Å². The van der Waals surface area contributed by atoms with Gasteiger partial charge in [-0.2, -0.15) is 0 Å². The molecule has 0 amide bonds. The average Bonchev–Trinajstić information content (AvgIpc) is 2.06. The van der Waals surface area contributed by atoms with E-state index >= 15 is 0 Å². The summed E-state index contributed by atoms with van der Waals surface area (Å²) < 4.78 is 24.0. The largest absolute Gasteiger partial charge is 0.355 e. The number of guanidine groups is 1. The van der Waals surface area contributed by atoms with Crippen molar-refractivity contribution in [3.05, 3.63) is 0 Å². The number of nitrogens with one attached hydrogen (secondary N) is 3. The van der Waals surface area contributed by atoms with Gasteiger partial charge in [-0.25, -0.2) is 13.1 Å². The van der Waals surface area contributed by atoms with Crippen LogP contribution in [-0.2, 0) is 10.0 Å². The second kappa shape index (κ2) is 8.09. The van der Waals surface area contributed by atoms with Crippen molar-refractivity contribution >= 4 is 40.0 Å². The highest BCUT2D eigenvalue weighted by Gasteiger charge is 2.11. The molecule has 0 spiro atoms. The van der Waals surface area contributed by atoms with Gasteiger partial charge in [-0.1, -0.05) is 0 Å². The number of hydrogen-bond donors (Lipinski definition) is 3. The first-order chi connectivity index (χ1) is 7.14. The first-order valence-corrected chi connectivity index (χ1v) is 6.97. The Morgan fingerprint density at radius 3 is 2.12 bits per heavy atom. The smallest absolute Gasteiger partial charge is 0.208 e. The molecule has 0 fully saturated rings. The van der Waals surface area contributed by atoms with Gasteiger partial charge in [-0.15, -0.1) is 24.0 Å². The van der Waals surface area contributed by atoms with Gasteiger partial charge in [-0.05, 0) is 20.8 Å². The third-order valence-electron chi connectivity index (χ3n) is 1.50. The highest BCUT2D eigenvalue weighted by atomic mass is 127. The highest BCUT2D eigenvalue weighted by molar-refractivity contribution is 14.0. The van der Waals surface area contributed by atoms with Crippen molar-refractivity contribution in [2.45, 2.75) is 26.3 Å². The van der Waals surface area contributed by atoms with Crippen LogP contribution in [-0.4, -0.2) is 46.3 Å². The summed E-state index contributed by atoms with van der Waals surface area (Å²) in [5, 5.41) is 6.18. The van der Waals surface area contributed by atoms with Crippen molar-refractivity contribution in [1.29, 1.82) is 0 Å². The predicted octanol–water partition coefficient (Wildman–Crippen LogP) is 0.117. The summed E-state index contributed by atoms with van der Waals surface area (Å²) in [6.45, 7) is 6.89. The molecule has 17 heavy (non-hydrogen) atoms. The highest BCUT2D eigenvalue weighted by Crippen LogP contribution is 1.97. The van der Waals surface area contributed by atoms with E-state index in [1.165, 1.54) is 0 Å². The monoisotopic (exact) mass is 378 g/mol. The van der Waals surface area contributed by atoms with E-state index in [4.69, 9.17) is 0 Å².